The lowest BCUT2D eigenvalue weighted by Gasteiger charge is -2.21. The van der Waals surface area contributed by atoms with E-state index in [0.717, 1.165) is 36.7 Å². The Morgan fingerprint density at radius 2 is 2.05 bits per heavy atom. The third-order valence-corrected chi connectivity index (χ3v) is 3.67. The van der Waals surface area contributed by atoms with Crippen molar-refractivity contribution in [1.29, 1.82) is 0 Å². The molecule has 2 N–H and O–H groups in total. The number of amides is 1. The molecule has 0 atom stereocenters. The molecule has 0 radical (unpaired) electrons. The predicted molar refractivity (Wildman–Crippen MR) is 79.5 cm³/mol. The quantitative estimate of drug-likeness (QED) is 0.905. The predicted octanol–water partition coefficient (Wildman–Crippen LogP) is 2.19. The summed E-state index contributed by atoms with van der Waals surface area (Å²) < 4.78 is 0. The van der Waals surface area contributed by atoms with Gasteiger partial charge in [0.05, 0.1) is 5.52 Å². The lowest BCUT2D eigenvalue weighted by atomic mass is 10.2. The first kappa shape index (κ1) is 13.1. The molecule has 2 aromatic rings. The molecule has 1 aromatic carbocycles. The molecule has 4 heteroatoms. The van der Waals surface area contributed by atoms with E-state index in [1.165, 1.54) is 0 Å². The Morgan fingerprint density at radius 3 is 2.80 bits per heavy atom. The van der Waals surface area contributed by atoms with Gasteiger partial charge in [0.2, 0.25) is 0 Å². The zero-order chi connectivity index (χ0) is 13.9. The van der Waals surface area contributed by atoms with Crippen molar-refractivity contribution in [3.05, 3.63) is 42.1 Å². The number of fused-ring (bicyclic) bond motifs is 1. The summed E-state index contributed by atoms with van der Waals surface area (Å²) in [4.78, 5) is 19.0. The highest BCUT2D eigenvalue weighted by Crippen LogP contribution is 2.28. The fraction of sp³-hybridized carbons (Fsp3) is 0.375. The number of rotatable bonds is 5. The monoisotopic (exact) mass is 269 g/mol. The van der Waals surface area contributed by atoms with Crippen LogP contribution in [-0.2, 0) is 0 Å². The van der Waals surface area contributed by atoms with E-state index in [1.807, 2.05) is 41.3 Å². The Morgan fingerprint density at radius 1 is 1.25 bits per heavy atom. The highest BCUT2D eigenvalue weighted by Gasteiger charge is 2.33. The van der Waals surface area contributed by atoms with Gasteiger partial charge in [-0.1, -0.05) is 24.3 Å². The molecule has 1 amide bonds. The van der Waals surface area contributed by atoms with Crippen LogP contribution in [-0.4, -0.2) is 34.9 Å². The molecular formula is C16H19N3O. The van der Waals surface area contributed by atoms with Gasteiger partial charge in [0.25, 0.3) is 5.91 Å². The van der Waals surface area contributed by atoms with Crippen LogP contribution in [0.1, 0.15) is 29.8 Å². The molecule has 1 aliphatic carbocycles. The highest BCUT2D eigenvalue weighted by atomic mass is 16.2. The van der Waals surface area contributed by atoms with Gasteiger partial charge in [-0.2, -0.15) is 0 Å². The molecule has 0 bridgehead atoms. The van der Waals surface area contributed by atoms with E-state index in [4.69, 9.17) is 5.73 Å². The molecule has 0 spiro atoms. The lowest BCUT2D eigenvalue weighted by Crippen LogP contribution is -2.35. The maximum Gasteiger partial charge on any atom is 0.272 e. The molecule has 0 unspecified atom stereocenters. The fourth-order valence-corrected chi connectivity index (χ4v) is 2.43. The smallest absolute Gasteiger partial charge is 0.272 e. The molecule has 0 aliphatic heterocycles. The van der Waals surface area contributed by atoms with Crippen LogP contribution in [0.3, 0.4) is 0 Å². The van der Waals surface area contributed by atoms with Gasteiger partial charge in [0.15, 0.2) is 0 Å². The van der Waals surface area contributed by atoms with Crippen molar-refractivity contribution in [1.82, 2.24) is 9.88 Å². The van der Waals surface area contributed by atoms with Crippen molar-refractivity contribution in [3.63, 3.8) is 0 Å². The van der Waals surface area contributed by atoms with Crippen molar-refractivity contribution < 1.29 is 4.79 Å². The van der Waals surface area contributed by atoms with Gasteiger partial charge in [-0.3, -0.25) is 4.79 Å². The van der Waals surface area contributed by atoms with Crippen LogP contribution in [0.4, 0.5) is 0 Å². The molecule has 1 fully saturated rings. The van der Waals surface area contributed by atoms with E-state index in [0.29, 0.717) is 18.3 Å². The molecule has 104 valence electrons. The van der Waals surface area contributed by atoms with Crippen LogP contribution in [0.5, 0.6) is 0 Å². The summed E-state index contributed by atoms with van der Waals surface area (Å²) in [5, 5.41) is 1.06. The molecular weight excluding hydrogens is 250 g/mol. The van der Waals surface area contributed by atoms with Gasteiger partial charge in [0, 0.05) is 18.0 Å². The topological polar surface area (TPSA) is 59.2 Å². The minimum absolute atomic E-state index is 0.0340. The van der Waals surface area contributed by atoms with Crippen molar-refractivity contribution in [2.24, 2.45) is 5.73 Å². The Labute approximate surface area is 118 Å². The SMILES string of the molecule is NCCCN(C(=O)c1ccc2ccccc2n1)C1CC1. The molecule has 1 aromatic heterocycles. The molecule has 0 saturated heterocycles. The Kier molecular flexibility index (Phi) is 3.65. The van der Waals surface area contributed by atoms with E-state index < -0.39 is 0 Å². The Hall–Kier alpha value is -1.94. The minimum Gasteiger partial charge on any atom is -0.334 e. The van der Waals surface area contributed by atoms with E-state index in [1.54, 1.807) is 0 Å². The van der Waals surface area contributed by atoms with E-state index in [9.17, 15) is 4.79 Å². The first-order valence-electron chi connectivity index (χ1n) is 7.16. The van der Waals surface area contributed by atoms with E-state index in [-0.39, 0.29) is 5.91 Å². The third kappa shape index (κ3) is 2.65. The maximum absolute atomic E-state index is 12.6. The van der Waals surface area contributed by atoms with Crippen LogP contribution in [0, 0.1) is 0 Å². The van der Waals surface area contributed by atoms with Crippen molar-refractivity contribution in [3.8, 4) is 0 Å². The molecule has 20 heavy (non-hydrogen) atoms. The Balaban J connectivity index is 1.86. The summed E-state index contributed by atoms with van der Waals surface area (Å²) >= 11 is 0. The average molecular weight is 269 g/mol. The summed E-state index contributed by atoms with van der Waals surface area (Å²) in [5.74, 6) is 0.0340. The number of benzene rings is 1. The summed E-state index contributed by atoms with van der Waals surface area (Å²) in [6, 6.07) is 12.0. The zero-order valence-corrected chi connectivity index (χ0v) is 11.5. The van der Waals surface area contributed by atoms with Crippen molar-refractivity contribution >= 4 is 16.8 Å². The van der Waals surface area contributed by atoms with Gasteiger partial charge < -0.3 is 10.6 Å². The second-order valence-corrected chi connectivity index (χ2v) is 5.26. The van der Waals surface area contributed by atoms with Gasteiger partial charge in [-0.15, -0.1) is 0 Å². The van der Waals surface area contributed by atoms with Gasteiger partial charge in [0.1, 0.15) is 5.69 Å². The first-order chi connectivity index (χ1) is 9.79. The molecule has 3 rings (SSSR count). The van der Waals surface area contributed by atoms with Crippen LogP contribution >= 0.6 is 0 Å². The average Bonchev–Trinajstić information content (AvgIpc) is 3.32. The summed E-state index contributed by atoms with van der Waals surface area (Å²) in [7, 11) is 0. The number of nitrogens with zero attached hydrogens (tertiary/aromatic N) is 2. The summed E-state index contributed by atoms with van der Waals surface area (Å²) in [5.41, 5.74) is 6.96. The summed E-state index contributed by atoms with van der Waals surface area (Å²) in [6.45, 7) is 1.34. The minimum atomic E-state index is 0.0340. The van der Waals surface area contributed by atoms with Gasteiger partial charge >= 0.3 is 0 Å². The van der Waals surface area contributed by atoms with E-state index in [2.05, 4.69) is 4.98 Å². The first-order valence-corrected chi connectivity index (χ1v) is 7.16. The van der Waals surface area contributed by atoms with Crippen molar-refractivity contribution in [2.75, 3.05) is 13.1 Å². The zero-order valence-electron chi connectivity index (χ0n) is 11.5. The number of hydrogen-bond donors (Lipinski definition) is 1. The number of pyridine rings is 1. The van der Waals surface area contributed by atoms with Crippen LogP contribution in [0.2, 0.25) is 0 Å². The number of nitrogens with two attached hydrogens (primary N) is 1. The van der Waals surface area contributed by atoms with Crippen LogP contribution in [0.25, 0.3) is 10.9 Å². The standard InChI is InChI=1S/C16H19N3O/c17-10-3-11-19(13-7-8-13)16(20)15-9-6-12-4-1-2-5-14(12)18-15/h1-2,4-6,9,13H,3,7-8,10-11,17H2. The second kappa shape index (κ2) is 5.59. The molecule has 1 aliphatic rings. The molecule has 1 heterocycles. The molecule has 4 nitrogen and oxygen atoms in total. The Bertz CT molecular complexity index is 622. The molecule has 1 saturated carbocycles. The maximum atomic E-state index is 12.6. The number of hydrogen-bond acceptors (Lipinski definition) is 3. The second-order valence-electron chi connectivity index (χ2n) is 5.26. The number of carbonyl (C=O) groups is 1. The van der Waals surface area contributed by atoms with Crippen LogP contribution in [0.15, 0.2) is 36.4 Å². The highest BCUT2D eigenvalue weighted by molar-refractivity contribution is 5.95. The van der Waals surface area contributed by atoms with Crippen molar-refractivity contribution in [2.45, 2.75) is 25.3 Å². The van der Waals surface area contributed by atoms with Crippen LogP contribution < -0.4 is 5.73 Å². The number of aromatic nitrogens is 1. The summed E-state index contributed by atoms with van der Waals surface area (Å²) in [6.07, 6.45) is 3.05. The normalized spacial score (nSPS) is 14.4. The lowest BCUT2D eigenvalue weighted by molar-refractivity contribution is 0.0736. The van der Waals surface area contributed by atoms with E-state index >= 15 is 0 Å². The fourth-order valence-electron chi connectivity index (χ4n) is 2.43. The number of para-hydroxylation sites is 1. The number of carbonyl (C=O) groups excluding carboxylic acids is 1. The third-order valence-electron chi connectivity index (χ3n) is 3.67. The largest absolute Gasteiger partial charge is 0.334 e. The van der Waals surface area contributed by atoms with Gasteiger partial charge in [-0.05, 0) is 37.9 Å². The van der Waals surface area contributed by atoms with Gasteiger partial charge in [-0.25, -0.2) is 4.98 Å².